The van der Waals surface area contributed by atoms with Gasteiger partial charge >= 0.3 is 6.09 Å². The number of allylic oxidation sites excluding steroid dienone is 2. The summed E-state index contributed by atoms with van der Waals surface area (Å²) in [6.45, 7) is 5.50. The third-order valence-electron chi connectivity index (χ3n) is 6.35. The molecule has 1 aromatic carbocycles. The van der Waals surface area contributed by atoms with Gasteiger partial charge in [0.25, 0.3) is 0 Å². The third-order valence-corrected chi connectivity index (χ3v) is 6.35. The van der Waals surface area contributed by atoms with Crippen molar-refractivity contribution in [2.45, 2.75) is 30.9 Å². The minimum Gasteiger partial charge on any atom is -0.465 e. The number of hydrogen-bond donors (Lipinski definition) is 1. The molecular weight excluding hydrogens is 420 g/mol. The zero-order chi connectivity index (χ0) is 23.8. The van der Waals surface area contributed by atoms with E-state index in [9.17, 15) is 14.9 Å². The molecule has 1 N–H and O–H groups in total. The molecule has 0 spiro atoms. The van der Waals surface area contributed by atoms with Crippen molar-refractivity contribution in [2.75, 3.05) is 46.4 Å². The number of nitrogens with zero attached hydrogens (tertiary/aromatic N) is 4. The van der Waals surface area contributed by atoms with E-state index in [1.165, 1.54) is 12.6 Å². The summed E-state index contributed by atoms with van der Waals surface area (Å²) in [5.41, 5.74) is 0.154. The Balaban J connectivity index is 1.39. The van der Waals surface area contributed by atoms with Crippen LogP contribution in [0.25, 0.3) is 0 Å². The lowest BCUT2D eigenvalue weighted by Crippen LogP contribution is -2.54. The highest BCUT2D eigenvalue weighted by molar-refractivity contribution is 5.85. The highest BCUT2D eigenvalue weighted by atomic mass is 16.5. The molecule has 2 amide bonds. The zero-order valence-corrected chi connectivity index (χ0v) is 19.3. The summed E-state index contributed by atoms with van der Waals surface area (Å²) in [5.74, 6) is -0.0168. The minimum atomic E-state index is -1.11. The molecule has 8 nitrogen and oxygen atoms in total. The van der Waals surface area contributed by atoms with Crippen LogP contribution in [-0.2, 0) is 9.53 Å². The maximum atomic E-state index is 12.5. The Labute approximate surface area is 195 Å². The number of piperazine rings is 1. The van der Waals surface area contributed by atoms with Crippen LogP contribution in [0, 0.1) is 11.3 Å². The van der Waals surface area contributed by atoms with Crippen molar-refractivity contribution < 1.29 is 19.4 Å². The molecule has 1 atom stereocenters. The second-order valence-corrected chi connectivity index (χ2v) is 8.50. The summed E-state index contributed by atoms with van der Waals surface area (Å²) >= 11 is 0. The molecule has 1 heterocycles. The number of rotatable bonds is 8. The van der Waals surface area contributed by atoms with Gasteiger partial charge in [-0.25, -0.2) is 4.79 Å². The Hall–Kier alpha value is -3.15. The summed E-state index contributed by atoms with van der Waals surface area (Å²) < 4.78 is 5.95. The molecule has 0 radical (unpaired) electrons. The lowest BCUT2D eigenvalue weighted by Gasteiger charge is -2.37. The molecule has 1 aliphatic heterocycles. The van der Waals surface area contributed by atoms with Gasteiger partial charge in [0.15, 0.2) is 5.60 Å². The van der Waals surface area contributed by atoms with E-state index < -0.39 is 17.7 Å². The smallest absolute Gasteiger partial charge is 0.407 e. The van der Waals surface area contributed by atoms with Crippen LogP contribution in [0.15, 0.2) is 54.6 Å². The van der Waals surface area contributed by atoms with Crippen molar-refractivity contribution in [3.05, 3.63) is 60.2 Å². The van der Waals surface area contributed by atoms with E-state index in [0.29, 0.717) is 19.7 Å². The van der Waals surface area contributed by atoms with Gasteiger partial charge in [-0.05, 0) is 31.1 Å². The first-order chi connectivity index (χ1) is 15.8. The molecule has 1 aliphatic carbocycles. The van der Waals surface area contributed by atoms with Crippen molar-refractivity contribution in [3.8, 4) is 6.07 Å². The van der Waals surface area contributed by atoms with Crippen LogP contribution in [0.5, 0.6) is 0 Å². The number of likely N-dealkylation sites (N-methyl/N-ethyl adjacent to an activating group) is 1. The van der Waals surface area contributed by atoms with Crippen LogP contribution in [0.1, 0.15) is 24.8 Å². The Morgan fingerprint density at radius 2 is 1.85 bits per heavy atom. The van der Waals surface area contributed by atoms with E-state index in [2.05, 4.69) is 23.1 Å². The van der Waals surface area contributed by atoms with Crippen LogP contribution in [0.2, 0.25) is 0 Å². The Bertz CT molecular complexity index is 902. The standard InChI is InChI=1S/C25H32N4O4/c1-20(27(2)24(31)32)23(30)29-16-14-28(15-17-29)13-6-18-33-25(19-26)11-9-22(10-12-25)21-7-4-3-5-8-21/h3-5,7-12,20,22H,6,13-18H2,1-2H3,(H,31,32)/t20-,22?,25?/m1/s1. The maximum Gasteiger partial charge on any atom is 0.407 e. The van der Waals surface area contributed by atoms with E-state index >= 15 is 0 Å². The summed E-state index contributed by atoms with van der Waals surface area (Å²) in [5, 5.41) is 18.7. The first-order valence-corrected chi connectivity index (χ1v) is 11.3. The molecule has 33 heavy (non-hydrogen) atoms. The van der Waals surface area contributed by atoms with E-state index in [0.717, 1.165) is 31.0 Å². The molecule has 0 aromatic heterocycles. The van der Waals surface area contributed by atoms with E-state index in [4.69, 9.17) is 9.84 Å². The molecular formula is C25H32N4O4. The fourth-order valence-electron chi connectivity index (χ4n) is 4.03. The van der Waals surface area contributed by atoms with Gasteiger partial charge in [0, 0.05) is 45.7 Å². The topological polar surface area (TPSA) is 97.1 Å². The molecule has 1 saturated heterocycles. The van der Waals surface area contributed by atoms with Gasteiger partial charge in [-0.2, -0.15) is 5.26 Å². The maximum absolute atomic E-state index is 12.5. The zero-order valence-electron chi connectivity index (χ0n) is 19.3. The fourth-order valence-corrected chi connectivity index (χ4v) is 4.03. The Morgan fingerprint density at radius 3 is 2.42 bits per heavy atom. The van der Waals surface area contributed by atoms with Crippen LogP contribution < -0.4 is 0 Å². The van der Waals surface area contributed by atoms with Gasteiger partial charge in [0.05, 0.1) is 6.61 Å². The molecule has 176 valence electrons. The number of hydrogen-bond acceptors (Lipinski definition) is 5. The Kier molecular flexibility index (Phi) is 8.26. The second-order valence-electron chi connectivity index (χ2n) is 8.50. The van der Waals surface area contributed by atoms with Crippen LogP contribution >= 0.6 is 0 Å². The van der Waals surface area contributed by atoms with Gasteiger partial charge in [-0.15, -0.1) is 0 Å². The molecule has 3 rings (SSSR count). The lowest BCUT2D eigenvalue weighted by molar-refractivity contribution is -0.137. The number of carboxylic acid groups (broad SMARTS) is 1. The second kappa shape index (κ2) is 11.1. The number of amides is 2. The van der Waals surface area contributed by atoms with Crippen molar-refractivity contribution >= 4 is 12.0 Å². The van der Waals surface area contributed by atoms with Crippen molar-refractivity contribution in [3.63, 3.8) is 0 Å². The first kappa shape index (κ1) is 24.5. The van der Waals surface area contributed by atoms with Crippen LogP contribution in [0.4, 0.5) is 4.79 Å². The van der Waals surface area contributed by atoms with Crippen LogP contribution in [-0.4, -0.2) is 89.8 Å². The van der Waals surface area contributed by atoms with Crippen molar-refractivity contribution in [1.29, 1.82) is 5.26 Å². The van der Waals surface area contributed by atoms with Gasteiger partial charge in [0.1, 0.15) is 12.1 Å². The number of ether oxygens (including phenoxy) is 1. The molecule has 1 fully saturated rings. The molecule has 0 saturated carbocycles. The third kappa shape index (κ3) is 6.21. The quantitative estimate of drug-likeness (QED) is 0.481. The molecule has 0 bridgehead atoms. The molecule has 2 aliphatic rings. The van der Waals surface area contributed by atoms with Gasteiger partial charge < -0.3 is 14.7 Å². The average Bonchev–Trinajstić information content (AvgIpc) is 2.86. The first-order valence-electron chi connectivity index (χ1n) is 11.3. The lowest BCUT2D eigenvalue weighted by atomic mass is 9.89. The minimum absolute atomic E-state index is 0.147. The highest BCUT2D eigenvalue weighted by Crippen LogP contribution is 2.28. The summed E-state index contributed by atoms with van der Waals surface area (Å²) in [6.07, 6.45) is 7.37. The average molecular weight is 453 g/mol. The number of benzene rings is 1. The fraction of sp³-hybridized carbons (Fsp3) is 0.480. The Morgan fingerprint density at radius 1 is 1.21 bits per heavy atom. The van der Waals surface area contributed by atoms with Gasteiger partial charge in [0.2, 0.25) is 5.91 Å². The summed E-state index contributed by atoms with van der Waals surface area (Å²) in [4.78, 5) is 28.6. The number of nitriles is 1. The van der Waals surface area contributed by atoms with Gasteiger partial charge in [-0.3, -0.25) is 14.6 Å². The number of carbonyl (C=O) groups excluding carboxylic acids is 1. The predicted octanol–water partition coefficient (Wildman–Crippen LogP) is 2.71. The van der Waals surface area contributed by atoms with Crippen molar-refractivity contribution in [2.24, 2.45) is 0 Å². The molecule has 1 aromatic rings. The predicted molar refractivity (Wildman–Crippen MR) is 125 cm³/mol. The van der Waals surface area contributed by atoms with Crippen molar-refractivity contribution in [1.82, 2.24) is 14.7 Å². The van der Waals surface area contributed by atoms with Crippen LogP contribution in [0.3, 0.4) is 0 Å². The highest BCUT2D eigenvalue weighted by Gasteiger charge is 2.30. The largest absolute Gasteiger partial charge is 0.465 e. The van der Waals surface area contributed by atoms with E-state index in [-0.39, 0.29) is 11.8 Å². The SMILES string of the molecule is C[C@H](C(=O)N1CCN(CCCOC2(C#N)C=CC(c3ccccc3)C=C2)CC1)N(C)C(=O)O. The van der Waals surface area contributed by atoms with E-state index in [1.807, 2.05) is 42.5 Å². The molecule has 8 heteroatoms. The van der Waals surface area contributed by atoms with Gasteiger partial charge in [-0.1, -0.05) is 42.5 Å². The number of carbonyl (C=O) groups is 2. The van der Waals surface area contributed by atoms with E-state index in [1.54, 1.807) is 11.8 Å². The monoisotopic (exact) mass is 452 g/mol. The molecule has 0 unspecified atom stereocenters. The summed E-state index contributed by atoms with van der Waals surface area (Å²) in [7, 11) is 1.41. The normalized spacial score (nSPS) is 23.7. The summed E-state index contributed by atoms with van der Waals surface area (Å²) in [6, 6.07) is 11.7.